The summed E-state index contributed by atoms with van der Waals surface area (Å²) in [6, 6.07) is 17.5. The Kier molecular flexibility index (Phi) is 2.69. The summed E-state index contributed by atoms with van der Waals surface area (Å²) < 4.78 is 2.56. The van der Waals surface area contributed by atoms with Crippen molar-refractivity contribution in [3.05, 3.63) is 71.5 Å². The quantitative estimate of drug-likeness (QED) is 0.489. The van der Waals surface area contributed by atoms with Crippen LogP contribution in [0, 0.1) is 6.92 Å². The molecule has 5 rings (SSSR count). The number of aryl methyl sites for hydroxylation is 2. The first-order chi connectivity index (χ1) is 11.3. The first kappa shape index (κ1) is 13.0. The monoisotopic (exact) mass is 300 g/mol. The van der Waals surface area contributed by atoms with Crippen LogP contribution < -0.4 is 0 Å². The Bertz CT molecular complexity index is 1020. The van der Waals surface area contributed by atoms with Gasteiger partial charge in [-0.25, -0.2) is 0 Å². The Morgan fingerprint density at radius 2 is 1.78 bits per heavy atom. The van der Waals surface area contributed by atoms with Gasteiger partial charge in [-0.2, -0.15) is 0 Å². The Morgan fingerprint density at radius 1 is 1.00 bits per heavy atom. The third-order valence-corrected chi connectivity index (χ3v) is 5.48. The van der Waals surface area contributed by atoms with E-state index in [0.29, 0.717) is 5.92 Å². The van der Waals surface area contributed by atoms with E-state index >= 15 is 0 Å². The number of nitrogens with zero attached hydrogens (tertiary/aromatic N) is 1. The molecule has 23 heavy (non-hydrogen) atoms. The minimum Gasteiger partial charge on any atom is -0.361 e. The summed E-state index contributed by atoms with van der Waals surface area (Å²) in [5, 5.41) is 2.78. The molecule has 1 unspecified atom stereocenters. The molecule has 1 atom stereocenters. The molecule has 2 aromatic carbocycles. The van der Waals surface area contributed by atoms with Gasteiger partial charge in [-0.15, -0.1) is 0 Å². The topological polar surface area (TPSA) is 20.7 Å². The van der Waals surface area contributed by atoms with E-state index < -0.39 is 0 Å². The van der Waals surface area contributed by atoms with Crippen LogP contribution in [0.2, 0.25) is 0 Å². The van der Waals surface area contributed by atoms with Gasteiger partial charge in [0.25, 0.3) is 0 Å². The van der Waals surface area contributed by atoms with E-state index in [1.807, 2.05) is 0 Å². The van der Waals surface area contributed by atoms with Crippen LogP contribution in [0.1, 0.15) is 35.6 Å². The average molecular weight is 300 g/mol. The molecule has 1 aliphatic heterocycles. The highest BCUT2D eigenvalue weighted by Crippen LogP contribution is 2.42. The fraction of sp³-hybridized carbons (Fsp3) is 0.238. The van der Waals surface area contributed by atoms with Crippen molar-refractivity contribution in [2.45, 2.75) is 32.2 Å². The lowest BCUT2D eigenvalue weighted by Crippen LogP contribution is -2.16. The zero-order valence-corrected chi connectivity index (χ0v) is 13.3. The van der Waals surface area contributed by atoms with Crippen molar-refractivity contribution in [2.75, 3.05) is 0 Å². The van der Waals surface area contributed by atoms with Crippen molar-refractivity contribution >= 4 is 21.8 Å². The summed E-state index contributed by atoms with van der Waals surface area (Å²) in [5.74, 6) is 0.493. The number of hydrogen-bond donors (Lipinski definition) is 1. The van der Waals surface area contributed by atoms with Gasteiger partial charge in [0.2, 0.25) is 0 Å². The summed E-state index contributed by atoms with van der Waals surface area (Å²) >= 11 is 0. The number of nitrogens with one attached hydrogen (secondary N) is 1. The first-order valence-corrected chi connectivity index (χ1v) is 8.48. The van der Waals surface area contributed by atoms with Gasteiger partial charge in [0.15, 0.2) is 0 Å². The van der Waals surface area contributed by atoms with Crippen LogP contribution in [0.4, 0.5) is 0 Å². The maximum absolute atomic E-state index is 3.46. The molecular formula is C21H20N2. The van der Waals surface area contributed by atoms with Gasteiger partial charge in [-0.1, -0.05) is 36.4 Å². The van der Waals surface area contributed by atoms with Crippen molar-refractivity contribution in [1.82, 2.24) is 9.55 Å². The third kappa shape index (κ3) is 1.75. The molecule has 0 bridgehead atoms. The van der Waals surface area contributed by atoms with Gasteiger partial charge in [-0.05, 0) is 43.0 Å². The number of hydrogen-bond acceptors (Lipinski definition) is 0. The molecule has 114 valence electrons. The molecule has 0 radical (unpaired) electrons. The lowest BCUT2D eigenvalue weighted by molar-refractivity contribution is 0.500. The van der Waals surface area contributed by atoms with E-state index in [2.05, 4.69) is 71.2 Å². The van der Waals surface area contributed by atoms with Crippen LogP contribution in [0.15, 0.2) is 54.7 Å². The Balaban J connectivity index is 1.79. The number of para-hydroxylation sites is 2. The zero-order valence-electron chi connectivity index (χ0n) is 13.3. The Hall–Kier alpha value is -2.48. The smallest absolute Gasteiger partial charge is 0.0485 e. The molecule has 2 heteroatoms. The van der Waals surface area contributed by atoms with Crippen molar-refractivity contribution in [3.8, 4) is 0 Å². The van der Waals surface area contributed by atoms with Gasteiger partial charge in [0.05, 0.1) is 0 Å². The molecule has 2 aromatic heterocycles. The molecule has 0 aliphatic carbocycles. The van der Waals surface area contributed by atoms with Crippen LogP contribution in [0.3, 0.4) is 0 Å². The van der Waals surface area contributed by atoms with Crippen LogP contribution in [0.25, 0.3) is 21.8 Å². The number of aromatic amines is 1. The van der Waals surface area contributed by atoms with Gasteiger partial charge < -0.3 is 9.55 Å². The van der Waals surface area contributed by atoms with E-state index in [0.717, 1.165) is 6.54 Å². The minimum absolute atomic E-state index is 0.493. The molecule has 0 spiro atoms. The second kappa shape index (κ2) is 4.76. The normalized spacial score (nSPS) is 17.7. The lowest BCUT2D eigenvalue weighted by atomic mass is 9.87. The van der Waals surface area contributed by atoms with Crippen molar-refractivity contribution < 1.29 is 0 Å². The lowest BCUT2D eigenvalue weighted by Gasteiger charge is -2.26. The van der Waals surface area contributed by atoms with E-state index in [1.54, 1.807) is 0 Å². The Morgan fingerprint density at radius 3 is 2.70 bits per heavy atom. The SMILES string of the molecule is Cc1c2n(c3ccccc13)CCCC2c1c[nH]c2ccccc12. The highest BCUT2D eigenvalue weighted by molar-refractivity contribution is 5.88. The van der Waals surface area contributed by atoms with E-state index in [9.17, 15) is 0 Å². The van der Waals surface area contributed by atoms with Crippen molar-refractivity contribution in [1.29, 1.82) is 0 Å². The fourth-order valence-electron chi connectivity index (χ4n) is 4.46. The molecule has 0 saturated heterocycles. The predicted octanol–water partition coefficient (Wildman–Crippen LogP) is 5.36. The highest BCUT2D eigenvalue weighted by Gasteiger charge is 2.28. The number of rotatable bonds is 1. The maximum Gasteiger partial charge on any atom is 0.0485 e. The number of fused-ring (bicyclic) bond motifs is 4. The third-order valence-electron chi connectivity index (χ3n) is 5.48. The molecule has 1 N–H and O–H groups in total. The van der Waals surface area contributed by atoms with Crippen molar-refractivity contribution in [3.63, 3.8) is 0 Å². The summed E-state index contributed by atoms with van der Waals surface area (Å²) in [5.41, 5.74) is 7.06. The molecule has 3 heterocycles. The molecule has 1 aliphatic rings. The van der Waals surface area contributed by atoms with Gasteiger partial charge in [0, 0.05) is 46.2 Å². The summed E-state index contributed by atoms with van der Waals surface area (Å²) in [6.07, 6.45) is 4.70. The minimum atomic E-state index is 0.493. The highest BCUT2D eigenvalue weighted by atomic mass is 15.0. The van der Waals surface area contributed by atoms with E-state index in [4.69, 9.17) is 0 Å². The second-order valence-corrected chi connectivity index (χ2v) is 6.66. The number of aromatic nitrogens is 2. The molecule has 4 aromatic rings. The second-order valence-electron chi connectivity index (χ2n) is 6.66. The summed E-state index contributed by atoms with van der Waals surface area (Å²) in [6.45, 7) is 3.43. The maximum atomic E-state index is 3.46. The predicted molar refractivity (Wildman–Crippen MR) is 96.1 cm³/mol. The van der Waals surface area contributed by atoms with E-state index in [1.165, 1.54) is 51.5 Å². The number of H-pyrrole nitrogens is 1. The van der Waals surface area contributed by atoms with Crippen LogP contribution in [-0.2, 0) is 6.54 Å². The van der Waals surface area contributed by atoms with Crippen LogP contribution in [0.5, 0.6) is 0 Å². The Labute approximate surface area is 135 Å². The molecule has 0 amide bonds. The average Bonchev–Trinajstić information content (AvgIpc) is 3.16. The van der Waals surface area contributed by atoms with Gasteiger partial charge >= 0.3 is 0 Å². The van der Waals surface area contributed by atoms with E-state index in [-0.39, 0.29) is 0 Å². The summed E-state index contributed by atoms with van der Waals surface area (Å²) in [7, 11) is 0. The van der Waals surface area contributed by atoms with Gasteiger partial charge in [-0.3, -0.25) is 0 Å². The van der Waals surface area contributed by atoms with Crippen LogP contribution in [-0.4, -0.2) is 9.55 Å². The van der Waals surface area contributed by atoms with Crippen LogP contribution >= 0.6 is 0 Å². The largest absolute Gasteiger partial charge is 0.361 e. The standard InChI is InChI=1S/C21H20N2/c1-14-15-7-3-5-11-20(15)23-12-6-9-17(21(14)23)18-13-22-19-10-4-2-8-16(18)19/h2-5,7-8,10-11,13,17,22H,6,9,12H2,1H3. The number of benzene rings is 2. The fourth-order valence-corrected chi connectivity index (χ4v) is 4.46. The molecular weight excluding hydrogens is 280 g/mol. The molecule has 0 saturated carbocycles. The molecule has 0 fully saturated rings. The summed E-state index contributed by atoms with van der Waals surface area (Å²) in [4.78, 5) is 3.46. The first-order valence-electron chi connectivity index (χ1n) is 8.48. The molecule has 2 nitrogen and oxygen atoms in total. The van der Waals surface area contributed by atoms with Gasteiger partial charge in [0.1, 0.15) is 0 Å². The zero-order chi connectivity index (χ0) is 15.4. The van der Waals surface area contributed by atoms with Crippen molar-refractivity contribution in [2.24, 2.45) is 0 Å².